The Morgan fingerprint density at radius 2 is 0.581 bits per heavy atom. The van der Waals surface area contributed by atoms with Crippen LogP contribution in [-0.2, 0) is 0 Å². The smallest absolute Gasteiger partial charge is 0.0540 e. The van der Waals surface area contributed by atoms with Gasteiger partial charge in [-0.15, -0.1) is 0 Å². The van der Waals surface area contributed by atoms with E-state index in [1.54, 1.807) is 0 Å². The number of hydrogen-bond acceptors (Lipinski definition) is 2. The third-order valence-corrected chi connectivity index (χ3v) is 13.3. The molecule has 0 saturated carbocycles. The van der Waals surface area contributed by atoms with E-state index >= 15 is 0 Å². The summed E-state index contributed by atoms with van der Waals surface area (Å²) in [5.74, 6) is 0. The zero-order valence-corrected chi connectivity index (χ0v) is 35.4. The van der Waals surface area contributed by atoms with Gasteiger partial charge in [-0.1, -0.05) is 145 Å². The quantitative estimate of drug-likeness (QED) is 0.159. The molecule has 0 heterocycles. The van der Waals surface area contributed by atoms with Crippen molar-refractivity contribution in [2.45, 2.75) is 27.7 Å². The Labute approximate surface area is 363 Å². The lowest BCUT2D eigenvalue weighted by Gasteiger charge is -2.29. The summed E-state index contributed by atoms with van der Waals surface area (Å²) < 4.78 is 0. The summed E-state index contributed by atoms with van der Waals surface area (Å²) in [5.41, 5.74) is 24.8. The topological polar surface area (TPSA) is 6.48 Å². The van der Waals surface area contributed by atoms with E-state index in [9.17, 15) is 0 Å². The van der Waals surface area contributed by atoms with Crippen molar-refractivity contribution in [1.29, 1.82) is 0 Å². The van der Waals surface area contributed by atoms with Gasteiger partial charge in [-0.05, 0) is 166 Å². The van der Waals surface area contributed by atoms with Crippen molar-refractivity contribution in [2.24, 2.45) is 0 Å². The summed E-state index contributed by atoms with van der Waals surface area (Å²) in [5, 5.41) is 5.17. The molecule has 0 amide bonds. The van der Waals surface area contributed by atoms with Crippen molar-refractivity contribution >= 4 is 55.7 Å². The SMILES string of the molecule is Cc1ccc(N(c2ccc(-c3ccc(N(c4ccc(C)cc4)c4ccc5c6c(cccc46)-c4ccccc4-5)cc3C)c(C)c2)c2ccc3c4c(cccc24)-c2ccccc2-3)cc1. The largest absolute Gasteiger partial charge is 0.310 e. The standard InChI is InChI=1S/C60H44N2/c1-37-19-23-41(24-20-37)61(57-33-31-53-49-13-7-5-11-47(49)51-15-9-17-55(57)59(51)53)43-27-29-45(39(3)35-43)46-30-28-44(36-40(46)4)62(42-25-21-38(2)22-26-42)58-34-32-54-50-14-8-6-12-48(50)52-16-10-18-56(58)60(52)54/h5-36H,1-4H3. The van der Waals surface area contributed by atoms with Crippen LogP contribution in [0.5, 0.6) is 0 Å². The number of benzene rings is 10. The molecule has 0 aromatic heterocycles. The highest BCUT2D eigenvalue weighted by molar-refractivity contribution is 6.20. The van der Waals surface area contributed by atoms with Crippen LogP contribution in [0.1, 0.15) is 22.3 Å². The molecule has 2 nitrogen and oxygen atoms in total. The molecule has 0 N–H and O–H groups in total. The second-order valence-corrected chi connectivity index (χ2v) is 17.2. The number of aryl methyl sites for hydroxylation is 4. The molecule has 2 aliphatic rings. The van der Waals surface area contributed by atoms with E-state index in [-0.39, 0.29) is 0 Å². The summed E-state index contributed by atoms with van der Waals surface area (Å²) in [7, 11) is 0. The molecule has 0 atom stereocenters. The number of nitrogens with zero attached hydrogens (tertiary/aromatic N) is 2. The van der Waals surface area contributed by atoms with Crippen LogP contribution in [0.4, 0.5) is 34.1 Å². The molecule has 0 radical (unpaired) electrons. The van der Waals surface area contributed by atoms with Gasteiger partial charge in [0.2, 0.25) is 0 Å². The predicted octanol–water partition coefficient (Wildman–Crippen LogP) is 17.1. The highest BCUT2D eigenvalue weighted by Crippen LogP contribution is 2.53. The minimum atomic E-state index is 1.14. The lowest BCUT2D eigenvalue weighted by molar-refractivity contribution is 1.27. The molecule has 12 rings (SSSR count). The second-order valence-electron chi connectivity index (χ2n) is 17.2. The molecule has 0 fully saturated rings. The summed E-state index contributed by atoms with van der Waals surface area (Å²) in [4.78, 5) is 4.88. The van der Waals surface area contributed by atoms with E-state index in [1.165, 1.54) is 111 Å². The highest BCUT2D eigenvalue weighted by atomic mass is 15.1. The fraction of sp³-hybridized carbons (Fsp3) is 0.0667. The van der Waals surface area contributed by atoms with E-state index in [4.69, 9.17) is 0 Å². The van der Waals surface area contributed by atoms with E-state index < -0.39 is 0 Å². The third kappa shape index (κ3) is 5.50. The van der Waals surface area contributed by atoms with Crippen molar-refractivity contribution in [2.75, 3.05) is 9.80 Å². The predicted molar refractivity (Wildman–Crippen MR) is 264 cm³/mol. The van der Waals surface area contributed by atoms with Gasteiger partial charge < -0.3 is 9.80 Å². The Morgan fingerprint density at radius 1 is 0.258 bits per heavy atom. The molecule has 2 heteroatoms. The fourth-order valence-corrected chi connectivity index (χ4v) is 10.4. The molecular weight excluding hydrogens is 749 g/mol. The van der Waals surface area contributed by atoms with Gasteiger partial charge in [0.15, 0.2) is 0 Å². The molecule has 0 unspecified atom stereocenters. The first-order valence-corrected chi connectivity index (χ1v) is 21.7. The third-order valence-electron chi connectivity index (χ3n) is 13.3. The molecule has 0 spiro atoms. The first kappa shape index (κ1) is 36.2. The lowest BCUT2D eigenvalue weighted by Crippen LogP contribution is -2.11. The van der Waals surface area contributed by atoms with Crippen LogP contribution >= 0.6 is 0 Å². The minimum absolute atomic E-state index is 1.14. The first-order valence-electron chi connectivity index (χ1n) is 21.7. The maximum atomic E-state index is 2.44. The van der Waals surface area contributed by atoms with E-state index in [0.29, 0.717) is 0 Å². The maximum Gasteiger partial charge on any atom is 0.0540 e. The van der Waals surface area contributed by atoms with Gasteiger partial charge >= 0.3 is 0 Å². The molecule has 10 aromatic rings. The monoisotopic (exact) mass is 792 g/mol. The Kier molecular flexibility index (Phi) is 8.14. The van der Waals surface area contributed by atoms with Crippen molar-refractivity contribution in [3.63, 3.8) is 0 Å². The normalized spacial score (nSPS) is 11.9. The lowest BCUT2D eigenvalue weighted by atomic mass is 9.94. The average molecular weight is 793 g/mol. The zero-order chi connectivity index (χ0) is 41.6. The Balaban J connectivity index is 0.960. The van der Waals surface area contributed by atoms with Crippen LogP contribution < -0.4 is 9.80 Å². The molecule has 0 bridgehead atoms. The number of anilines is 6. The van der Waals surface area contributed by atoms with Crippen molar-refractivity contribution in [1.82, 2.24) is 0 Å². The summed E-state index contributed by atoms with van der Waals surface area (Å²) in [6.45, 7) is 8.82. The van der Waals surface area contributed by atoms with Crippen LogP contribution in [0.3, 0.4) is 0 Å². The first-order chi connectivity index (χ1) is 30.4. The van der Waals surface area contributed by atoms with Crippen LogP contribution in [-0.4, -0.2) is 0 Å². The van der Waals surface area contributed by atoms with Gasteiger partial charge in [-0.25, -0.2) is 0 Å². The molecule has 2 aliphatic carbocycles. The summed E-state index contributed by atoms with van der Waals surface area (Å²) >= 11 is 0. The molecule has 10 aromatic carbocycles. The Hall–Kier alpha value is -7.68. The van der Waals surface area contributed by atoms with Crippen LogP contribution in [0.2, 0.25) is 0 Å². The number of fused-ring (bicyclic) bond motifs is 6. The molecule has 0 aliphatic heterocycles. The second kappa shape index (κ2) is 13.9. The van der Waals surface area contributed by atoms with Crippen molar-refractivity contribution < 1.29 is 0 Å². The average Bonchev–Trinajstić information content (AvgIpc) is 3.81. The van der Waals surface area contributed by atoms with E-state index in [2.05, 4.69) is 232 Å². The summed E-state index contributed by atoms with van der Waals surface area (Å²) in [6, 6.07) is 72.3. The van der Waals surface area contributed by atoms with Crippen LogP contribution in [0.15, 0.2) is 194 Å². The van der Waals surface area contributed by atoms with E-state index in [1.807, 2.05) is 0 Å². The van der Waals surface area contributed by atoms with Crippen molar-refractivity contribution in [3.8, 4) is 55.6 Å². The Morgan fingerprint density at radius 3 is 0.952 bits per heavy atom. The van der Waals surface area contributed by atoms with Gasteiger partial charge in [0.1, 0.15) is 0 Å². The molecule has 62 heavy (non-hydrogen) atoms. The number of hydrogen-bond donors (Lipinski definition) is 0. The van der Waals surface area contributed by atoms with Crippen LogP contribution in [0, 0.1) is 27.7 Å². The summed E-state index contributed by atoms with van der Waals surface area (Å²) in [6.07, 6.45) is 0. The van der Waals surface area contributed by atoms with Crippen molar-refractivity contribution in [3.05, 3.63) is 216 Å². The van der Waals surface area contributed by atoms with Crippen LogP contribution in [0.25, 0.3) is 77.2 Å². The van der Waals surface area contributed by atoms with Gasteiger partial charge in [0.05, 0.1) is 11.4 Å². The van der Waals surface area contributed by atoms with Gasteiger partial charge in [0, 0.05) is 33.5 Å². The van der Waals surface area contributed by atoms with Gasteiger partial charge in [0.25, 0.3) is 0 Å². The molecule has 0 saturated heterocycles. The Bertz CT molecular complexity index is 3160. The minimum Gasteiger partial charge on any atom is -0.310 e. The number of rotatable bonds is 7. The molecular formula is C60H44N2. The fourth-order valence-electron chi connectivity index (χ4n) is 10.4. The zero-order valence-electron chi connectivity index (χ0n) is 35.4. The molecule has 294 valence electrons. The van der Waals surface area contributed by atoms with E-state index in [0.717, 1.165) is 22.7 Å². The van der Waals surface area contributed by atoms with Gasteiger partial charge in [-0.2, -0.15) is 0 Å². The highest BCUT2D eigenvalue weighted by Gasteiger charge is 2.27. The maximum absolute atomic E-state index is 2.44. The van der Waals surface area contributed by atoms with Gasteiger partial charge in [-0.3, -0.25) is 0 Å².